The molecule has 1 saturated heterocycles. The molecule has 23 heavy (non-hydrogen) atoms. The van der Waals surface area contributed by atoms with Gasteiger partial charge in [0.05, 0.1) is 12.6 Å². The van der Waals surface area contributed by atoms with Crippen molar-refractivity contribution < 1.29 is 14.3 Å². The van der Waals surface area contributed by atoms with E-state index in [0.29, 0.717) is 25.4 Å². The van der Waals surface area contributed by atoms with E-state index in [9.17, 15) is 9.90 Å². The van der Waals surface area contributed by atoms with Crippen molar-refractivity contribution in [3.05, 3.63) is 23.7 Å². The SMILES string of the molecule is CCN(CC)Cc1ccc(C(=O)N2CCN(CC(C)O)CC2)o1. The van der Waals surface area contributed by atoms with Gasteiger partial charge in [0.25, 0.3) is 5.91 Å². The topological polar surface area (TPSA) is 60.2 Å². The molecule has 1 aliphatic rings. The van der Waals surface area contributed by atoms with Crippen molar-refractivity contribution in [3.8, 4) is 0 Å². The number of furan rings is 1. The number of carbonyl (C=O) groups is 1. The minimum atomic E-state index is -0.329. The van der Waals surface area contributed by atoms with Crippen molar-refractivity contribution in [2.75, 3.05) is 45.8 Å². The Hall–Kier alpha value is -1.37. The first-order valence-electron chi connectivity index (χ1n) is 8.54. The molecule has 1 aromatic heterocycles. The standard InChI is InChI=1S/C17H29N3O3/c1-4-18(5-2)13-15-6-7-16(23-15)17(22)20-10-8-19(9-11-20)12-14(3)21/h6-7,14,21H,4-5,8-13H2,1-3H3. The summed E-state index contributed by atoms with van der Waals surface area (Å²) in [5.41, 5.74) is 0. The van der Waals surface area contributed by atoms with Gasteiger partial charge in [0.15, 0.2) is 5.76 Å². The van der Waals surface area contributed by atoms with Crippen LogP contribution in [0.25, 0.3) is 0 Å². The van der Waals surface area contributed by atoms with Crippen LogP contribution in [-0.2, 0) is 6.54 Å². The normalized spacial score (nSPS) is 17.7. The summed E-state index contributed by atoms with van der Waals surface area (Å²) in [5, 5.41) is 9.43. The lowest BCUT2D eigenvalue weighted by molar-refractivity contribution is 0.0525. The van der Waals surface area contributed by atoms with Crippen LogP contribution in [0.2, 0.25) is 0 Å². The largest absolute Gasteiger partial charge is 0.455 e. The molecule has 0 spiro atoms. The van der Waals surface area contributed by atoms with Gasteiger partial charge < -0.3 is 14.4 Å². The summed E-state index contributed by atoms with van der Waals surface area (Å²) in [5.74, 6) is 1.23. The Morgan fingerprint density at radius 3 is 2.48 bits per heavy atom. The van der Waals surface area contributed by atoms with Gasteiger partial charge >= 0.3 is 0 Å². The van der Waals surface area contributed by atoms with E-state index in [0.717, 1.165) is 38.5 Å². The number of aliphatic hydroxyl groups is 1. The number of amides is 1. The molecule has 0 aliphatic carbocycles. The van der Waals surface area contributed by atoms with Crippen molar-refractivity contribution >= 4 is 5.91 Å². The van der Waals surface area contributed by atoms with E-state index in [1.54, 1.807) is 13.0 Å². The molecule has 130 valence electrons. The highest BCUT2D eigenvalue weighted by molar-refractivity contribution is 5.91. The van der Waals surface area contributed by atoms with Crippen LogP contribution in [0.5, 0.6) is 0 Å². The molecule has 1 aliphatic heterocycles. The van der Waals surface area contributed by atoms with Crippen LogP contribution in [0.3, 0.4) is 0 Å². The van der Waals surface area contributed by atoms with E-state index in [2.05, 4.69) is 23.6 Å². The number of carbonyl (C=O) groups excluding carboxylic acids is 1. The Balaban J connectivity index is 1.88. The maximum absolute atomic E-state index is 12.5. The Morgan fingerprint density at radius 1 is 1.26 bits per heavy atom. The van der Waals surface area contributed by atoms with Gasteiger partial charge in [0, 0.05) is 32.7 Å². The van der Waals surface area contributed by atoms with Gasteiger partial charge in [-0.3, -0.25) is 14.6 Å². The molecule has 6 heteroatoms. The average molecular weight is 323 g/mol. The summed E-state index contributed by atoms with van der Waals surface area (Å²) < 4.78 is 5.74. The number of piperazine rings is 1. The zero-order valence-corrected chi connectivity index (χ0v) is 14.5. The maximum atomic E-state index is 12.5. The molecule has 1 unspecified atom stereocenters. The van der Waals surface area contributed by atoms with Gasteiger partial charge in [-0.05, 0) is 32.1 Å². The number of hydrogen-bond acceptors (Lipinski definition) is 5. The molecular weight excluding hydrogens is 294 g/mol. The zero-order valence-electron chi connectivity index (χ0n) is 14.5. The van der Waals surface area contributed by atoms with Crippen molar-refractivity contribution in [3.63, 3.8) is 0 Å². The van der Waals surface area contributed by atoms with Crippen LogP contribution in [0.15, 0.2) is 16.5 Å². The molecule has 1 atom stereocenters. The van der Waals surface area contributed by atoms with Crippen LogP contribution in [0.1, 0.15) is 37.1 Å². The van der Waals surface area contributed by atoms with E-state index in [1.165, 1.54) is 0 Å². The first-order valence-corrected chi connectivity index (χ1v) is 8.54. The highest BCUT2D eigenvalue weighted by Crippen LogP contribution is 2.14. The second kappa shape index (κ2) is 8.47. The summed E-state index contributed by atoms with van der Waals surface area (Å²) in [4.78, 5) is 18.8. The zero-order chi connectivity index (χ0) is 16.8. The van der Waals surface area contributed by atoms with E-state index in [-0.39, 0.29) is 12.0 Å². The molecule has 2 rings (SSSR count). The van der Waals surface area contributed by atoms with Gasteiger partial charge in [-0.15, -0.1) is 0 Å². The fourth-order valence-electron chi connectivity index (χ4n) is 2.91. The summed E-state index contributed by atoms with van der Waals surface area (Å²) >= 11 is 0. The molecule has 0 aromatic carbocycles. The smallest absolute Gasteiger partial charge is 0.289 e. The molecule has 0 radical (unpaired) electrons. The second-order valence-corrected chi connectivity index (χ2v) is 6.17. The summed E-state index contributed by atoms with van der Waals surface area (Å²) in [6.07, 6.45) is -0.329. The number of β-amino-alcohol motifs (C(OH)–C–C–N with tert-alkyl or cyclic N) is 1. The van der Waals surface area contributed by atoms with Crippen molar-refractivity contribution in [1.82, 2.24) is 14.7 Å². The Kier molecular flexibility index (Phi) is 6.62. The van der Waals surface area contributed by atoms with Crippen molar-refractivity contribution in [2.24, 2.45) is 0 Å². The van der Waals surface area contributed by atoms with Crippen LogP contribution >= 0.6 is 0 Å². The van der Waals surface area contributed by atoms with E-state index >= 15 is 0 Å². The summed E-state index contributed by atoms with van der Waals surface area (Å²) in [6.45, 7) is 12.3. The highest BCUT2D eigenvalue weighted by atomic mass is 16.4. The van der Waals surface area contributed by atoms with Gasteiger partial charge in [-0.25, -0.2) is 0 Å². The van der Waals surface area contributed by atoms with Crippen LogP contribution in [0, 0.1) is 0 Å². The highest BCUT2D eigenvalue weighted by Gasteiger charge is 2.24. The van der Waals surface area contributed by atoms with E-state index in [1.807, 2.05) is 11.0 Å². The average Bonchev–Trinajstić information content (AvgIpc) is 3.00. The maximum Gasteiger partial charge on any atom is 0.289 e. The molecule has 0 saturated carbocycles. The Labute approximate surface area is 138 Å². The molecule has 1 N–H and O–H groups in total. The minimum absolute atomic E-state index is 0.0347. The van der Waals surface area contributed by atoms with Crippen LogP contribution < -0.4 is 0 Å². The lowest BCUT2D eigenvalue weighted by Gasteiger charge is -2.34. The quantitative estimate of drug-likeness (QED) is 0.818. The van der Waals surface area contributed by atoms with Crippen LogP contribution in [-0.4, -0.2) is 77.6 Å². The molecule has 1 amide bonds. The fourth-order valence-corrected chi connectivity index (χ4v) is 2.91. The first-order chi connectivity index (χ1) is 11.0. The van der Waals surface area contributed by atoms with Crippen molar-refractivity contribution in [1.29, 1.82) is 0 Å². The lowest BCUT2D eigenvalue weighted by atomic mass is 10.2. The Bertz CT molecular complexity index is 489. The number of hydrogen-bond donors (Lipinski definition) is 1. The predicted octanol–water partition coefficient (Wildman–Crippen LogP) is 1.26. The number of nitrogens with zero attached hydrogens (tertiary/aromatic N) is 3. The van der Waals surface area contributed by atoms with Gasteiger partial charge in [-0.1, -0.05) is 13.8 Å². The molecule has 0 bridgehead atoms. The minimum Gasteiger partial charge on any atom is -0.455 e. The van der Waals surface area contributed by atoms with Gasteiger partial charge in [0.2, 0.25) is 0 Å². The molecule has 6 nitrogen and oxygen atoms in total. The van der Waals surface area contributed by atoms with Crippen LogP contribution in [0.4, 0.5) is 0 Å². The number of rotatable bonds is 7. The molecule has 1 fully saturated rings. The monoisotopic (exact) mass is 323 g/mol. The third-order valence-electron chi connectivity index (χ3n) is 4.33. The van der Waals surface area contributed by atoms with Gasteiger partial charge in [0.1, 0.15) is 5.76 Å². The third-order valence-corrected chi connectivity index (χ3v) is 4.33. The fraction of sp³-hybridized carbons (Fsp3) is 0.706. The predicted molar refractivity (Wildman–Crippen MR) is 89.4 cm³/mol. The molecular formula is C17H29N3O3. The number of aliphatic hydroxyl groups excluding tert-OH is 1. The molecule has 2 heterocycles. The summed E-state index contributed by atoms with van der Waals surface area (Å²) in [7, 11) is 0. The lowest BCUT2D eigenvalue weighted by Crippen LogP contribution is -2.50. The van der Waals surface area contributed by atoms with Crippen molar-refractivity contribution in [2.45, 2.75) is 33.4 Å². The Morgan fingerprint density at radius 2 is 1.91 bits per heavy atom. The first kappa shape index (κ1) is 18.0. The van der Waals surface area contributed by atoms with E-state index < -0.39 is 0 Å². The molecule has 1 aromatic rings. The van der Waals surface area contributed by atoms with E-state index in [4.69, 9.17) is 4.42 Å². The van der Waals surface area contributed by atoms with Gasteiger partial charge in [-0.2, -0.15) is 0 Å². The summed E-state index contributed by atoms with van der Waals surface area (Å²) in [6, 6.07) is 3.68. The second-order valence-electron chi connectivity index (χ2n) is 6.17. The third kappa shape index (κ3) is 5.06.